The van der Waals surface area contributed by atoms with Crippen LogP contribution in [0.4, 0.5) is 0 Å². The molecule has 3 rings (SSSR count). The van der Waals surface area contributed by atoms with Crippen LogP contribution in [0.1, 0.15) is 22.0 Å². The molecule has 0 amide bonds. The highest BCUT2D eigenvalue weighted by Crippen LogP contribution is 2.30. The Morgan fingerprint density at radius 2 is 1.64 bits per heavy atom. The summed E-state index contributed by atoms with van der Waals surface area (Å²) in [6.07, 6.45) is 0.679. The summed E-state index contributed by atoms with van der Waals surface area (Å²) >= 11 is 0. The van der Waals surface area contributed by atoms with Gasteiger partial charge >= 0.3 is 5.97 Å². The van der Waals surface area contributed by atoms with Crippen molar-refractivity contribution in [3.63, 3.8) is 0 Å². The zero-order chi connectivity index (χ0) is 15.4. The standard InChI is InChI=1S/C18H16O4/c19-15-11-12-21-16(13-7-3-1-4-8-13)17(15)22-18(20)14-9-5-2-6-10-14/h1-12,15-17,19H/t15-,16-,17-/m1/s1. The molecule has 0 spiro atoms. The van der Waals surface area contributed by atoms with E-state index in [2.05, 4.69) is 0 Å². The lowest BCUT2D eigenvalue weighted by molar-refractivity contribution is -0.0782. The molecule has 4 heteroatoms. The number of benzene rings is 2. The third-order valence-corrected chi connectivity index (χ3v) is 3.52. The lowest BCUT2D eigenvalue weighted by Gasteiger charge is -2.32. The molecule has 1 aliphatic heterocycles. The maximum Gasteiger partial charge on any atom is 0.338 e. The molecule has 0 fully saturated rings. The van der Waals surface area contributed by atoms with E-state index in [0.29, 0.717) is 5.56 Å². The summed E-state index contributed by atoms with van der Waals surface area (Å²) < 4.78 is 11.1. The van der Waals surface area contributed by atoms with Gasteiger partial charge in [0.1, 0.15) is 6.10 Å². The van der Waals surface area contributed by atoms with Crippen LogP contribution in [0.5, 0.6) is 0 Å². The van der Waals surface area contributed by atoms with Gasteiger partial charge in [-0.2, -0.15) is 0 Å². The van der Waals surface area contributed by atoms with Crippen LogP contribution in [0.15, 0.2) is 73.0 Å². The third-order valence-electron chi connectivity index (χ3n) is 3.52. The number of hydrogen-bond acceptors (Lipinski definition) is 4. The van der Waals surface area contributed by atoms with Crippen LogP contribution in [0.3, 0.4) is 0 Å². The summed E-state index contributed by atoms with van der Waals surface area (Å²) in [5.74, 6) is -0.482. The van der Waals surface area contributed by atoms with E-state index in [0.717, 1.165) is 5.56 Å². The molecule has 1 aliphatic rings. The van der Waals surface area contributed by atoms with Gasteiger partial charge < -0.3 is 14.6 Å². The Kier molecular flexibility index (Phi) is 4.21. The Labute approximate surface area is 128 Å². The first kappa shape index (κ1) is 14.4. The van der Waals surface area contributed by atoms with Crippen molar-refractivity contribution in [2.45, 2.75) is 18.3 Å². The van der Waals surface area contributed by atoms with Gasteiger partial charge in [0.25, 0.3) is 0 Å². The molecule has 0 bridgehead atoms. The average molecular weight is 296 g/mol. The van der Waals surface area contributed by atoms with Crippen LogP contribution < -0.4 is 0 Å². The lowest BCUT2D eigenvalue weighted by Crippen LogP contribution is -2.38. The van der Waals surface area contributed by atoms with Gasteiger partial charge in [-0.05, 0) is 23.8 Å². The van der Waals surface area contributed by atoms with Gasteiger partial charge in [-0.1, -0.05) is 48.5 Å². The van der Waals surface area contributed by atoms with Gasteiger partial charge in [0.15, 0.2) is 12.2 Å². The molecule has 0 saturated heterocycles. The zero-order valence-corrected chi connectivity index (χ0v) is 11.8. The predicted molar refractivity (Wildman–Crippen MR) is 81.1 cm³/mol. The van der Waals surface area contributed by atoms with E-state index in [-0.39, 0.29) is 0 Å². The van der Waals surface area contributed by atoms with E-state index in [1.165, 1.54) is 12.3 Å². The summed E-state index contributed by atoms with van der Waals surface area (Å²) in [5.41, 5.74) is 1.29. The highest BCUT2D eigenvalue weighted by atomic mass is 16.6. The van der Waals surface area contributed by atoms with E-state index in [1.807, 2.05) is 36.4 Å². The van der Waals surface area contributed by atoms with E-state index >= 15 is 0 Å². The molecule has 4 nitrogen and oxygen atoms in total. The summed E-state index contributed by atoms with van der Waals surface area (Å²) in [4.78, 5) is 12.2. The average Bonchev–Trinajstić information content (AvgIpc) is 2.58. The minimum Gasteiger partial charge on any atom is -0.490 e. The Bertz CT molecular complexity index is 651. The summed E-state index contributed by atoms with van der Waals surface area (Å²) in [5, 5.41) is 10.2. The van der Waals surface area contributed by atoms with E-state index in [4.69, 9.17) is 9.47 Å². The molecule has 1 heterocycles. The number of aliphatic hydroxyl groups is 1. The number of rotatable bonds is 3. The maximum atomic E-state index is 12.2. The van der Waals surface area contributed by atoms with Crippen LogP contribution in [0.2, 0.25) is 0 Å². The lowest BCUT2D eigenvalue weighted by atomic mass is 9.98. The number of aliphatic hydroxyl groups excluding tert-OH is 1. The second-order valence-corrected chi connectivity index (χ2v) is 5.02. The monoisotopic (exact) mass is 296 g/mol. The van der Waals surface area contributed by atoms with E-state index < -0.39 is 24.3 Å². The first-order chi connectivity index (χ1) is 10.8. The fourth-order valence-electron chi connectivity index (χ4n) is 2.38. The van der Waals surface area contributed by atoms with Crippen molar-refractivity contribution >= 4 is 5.97 Å². The normalized spacial score (nSPS) is 23.6. The Morgan fingerprint density at radius 1 is 1.00 bits per heavy atom. The SMILES string of the molecule is O=C(O[C@@H]1[C@H](O)C=CO[C@@H]1c1ccccc1)c1ccccc1. The van der Waals surface area contributed by atoms with Crippen LogP contribution in [0.25, 0.3) is 0 Å². The molecular weight excluding hydrogens is 280 g/mol. The van der Waals surface area contributed by atoms with Gasteiger partial charge in [0.05, 0.1) is 11.8 Å². The molecule has 0 unspecified atom stereocenters. The summed E-state index contributed by atoms with van der Waals surface area (Å²) in [6.45, 7) is 0. The fraction of sp³-hybridized carbons (Fsp3) is 0.167. The minimum atomic E-state index is -0.911. The largest absolute Gasteiger partial charge is 0.490 e. The molecule has 0 radical (unpaired) electrons. The fourth-order valence-corrected chi connectivity index (χ4v) is 2.38. The molecule has 22 heavy (non-hydrogen) atoms. The molecule has 2 aromatic rings. The molecule has 1 N–H and O–H groups in total. The van der Waals surface area contributed by atoms with Gasteiger partial charge in [-0.25, -0.2) is 4.79 Å². The van der Waals surface area contributed by atoms with Crippen molar-refractivity contribution < 1.29 is 19.4 Å². The van der Waals surface area contributed by atoms with Crippen LogP contribution in [-0.2, 0) is 9.47 Å². The van der Waals surface area contributed by atoms with E-state index in [1.54, 1.807) is 24.3 Å². The van der Waals surface area contributed by atoms with Crippen LogP contribution >= 0.6 is 0 Å². The van der Waals surface area contributed by atoms with Gasteiger partial charge in [-0.3, -0.25) is 0 Å². The van der Waals surface area contributed by atoms with Crippen molar-refractivity contribution in [1.29, 1.82) is 0 Å². The van der Waals surface area contributed by atoms with Crippen molar-refractivity contribution in [2.24, 2.45) is 0 Å². The molecular formula is C18H16O4. The second kappa shape index (κ2) is 6.45. The highest BCUT2D eigenvalue weighted by molar-refractivity contribution is 5.89. The third kappa shape index (κ3) is 3.02. The predicted octanol–water partition coefficient (Wildman–Crippen LogP) is 2.86. The Hall–Kier alpha value is -2.59. The smallest absolute Gasteiger partial charge is 0.338 e. The molecule has 3 atom stereocenters. The molecule has 0 aliphatic carbocycles. The Morgan fingerprint density at radius 3 is 2.32 bits per heavy atom. The number of hydrogen-bond donors (Lipinski definition) is 1. The first-order valence-electron chi connectivity index (χ1n) is 7.07. The van der Waals surface area contributed by atoms with Crippen molar-refractivity contribution in [1.82, 2.24) is 0 Å². The van der Waals surface area contributed by atoms with Crippen molar-refractivity contribution in [3.8, 4) is 0 Å². The van der Waals surface area contributed by atoms with Crippen LogP contribution in [0, 0.1) is 0 Å². The molecule has 0 aromatic heterocycles. The van der Waals surface area contributed by atoms with Gasteiger partial charge in [0, 0.05) is 0 Å². The quantitative estimate of drug-likeness (QED) is 0.885. The van der Waals surface area contributed by atoms with Crippen molar-refractivity contribution in [2.75, 3.05) is 0 Å². The number of ether oxygens (including phenoxy) is 2. The van der Waals surface area contributed by atoms with Gasteiger partial charge in [-0.15, -0.1) is 0 Å². The minimum absolute atomic E-state index is 0.441. The molecule has 112 valence electrons. The van der Waals surface area contributed by atoms with E-state index in [9.17, 15) is 9.90 Å². The second-order valence-electron chi connectivity index (χ2n) is 5.02. The zero-order valence-electron chi connectivity index (χ0n) is 11.8. The van der Waals surface area contributed by atoms with Crippen molar-refractivity contribution in [3.05, 3.63) is 84.1 Å². The summed E-state index contributed by atoms with van der Waals surface area (Å²) in [7, 11) is 0. The number of carbonyl (C=O) groups excluding carboxylic acids is 1. The number of esters is 1. The summed E-state index contributed by atoms with van der Waals surface area (Å²) in [6, 6.07) is 18.1. The van der Waals surface area contributed by atoms with Gasteiger partial charge in [0.2, 0.25) is 0 Å². The molecule has 0 saturated carbocycles. The maximum absolute atomic E-state index is 12.2. The Balaban J connectivity index is 1.82. The van der Waals surface area contributed by atoms with Crippen LogP contribution in [-0.4, -0.2) is 23.3 Å². The number of carbonyl (C=O) groups is 1. The molecule has 2 aromatic carbocycles. The first-order valence-corrected chi connectivity index (χ1v) is 7.07. The topological polar surface area (TPSA) is 55.8 Å². The highest BCUT2D eigenvalue weighted by Gasteiger charge is 2.35.